The van der Waals surface area contributed by atoms with Crippen LogP contribution in [0.15, 0.2) is 24.3 Å². The lowest BCUT2D eigenvalue weighted by Crippen LogP contribution is -2.40. The standard InChI is InChI=1S/C15H25N3O2/c1-5-10-16-15(19)17-11-14(18(2)3)12-6-8-13(20-4)9-7-12/h6-9,14H,5,10-11H2,1-4H3,(H2,16,17,19). The number of nitrogens with zero attached hydrogens (tertiary/aromatic N) is 1. The Morgan fingerprint density at radius 3 is 2.40 bits per heavy atom. The third kappa shape index (κ3) is 5.09. The van der Waals surface area contributed by atoms with Crippen molar-refractivity contribution >= 4 is 6.03 Å². The fourth-order valence-corrected chi connectivity index (χ4v) is 1.92. The first kappa shape index (κ1) is 16.3. The molecule has 0 fully saturated rings. The first-order valence-electron chi connectivity index (χ1n) is 6.90. The molecule has 0 saturated heterocycles. The van der Waals surface area contributed by atoms with Crippen LogP contribution >= 0.6 is 0 Å². The van der Waals surface area contributed by atoms with E-state index in [1.807, 2.05) is 45.3 Å². The molecular formula is C15H25N3O2. The smallest absolute Gasteiger partial charge is 0.314 e. The molecular weight excluding hydrogens is 254 g/mol. The minimum absolute atomic E-state index is 0.118. The van der Waals surface area contributed by atoms with Gasteiger partial charge in [0.15, 0.2) is 0 Å². The van der Waals surface area contributed by atoms with Gasteiger partial charge < -0.3 is 20.3 Å². The summed E-state index contributed by atoms with van der Waals surface area (Å²) in [7, 11) is 5.65. The van der Waals surface area contributed by atoms with Gasteiger partial charge in [0, 0.05) is 13.1 Å². The molecule has 112 valence electrons. The minimum Gasteiger partial charge on any atom is -0.497 e. The summed E-state index contributed by atoms with van der Waals surface area (Å²) in [4.78, 5) is 13.7. The number of methoxy groups -OCH3 is 1. The second-order valence-electron chi connectivity index (χ2n) is 4.89. The molecule has 0 bridgehead atoms. The molecule has 0 spiro atoms. The Labute approximate surface area is 121 Å². The highest BCUT2D eigenvalue weighted by Crippen LogP contribution is 2.20. The van der Waals surface area contributed by atoms with Gasteiger partial charge in [-0.1, -0.05) is 19.1 Å². The minimum atomic E-state index is -0.118. The summed E-state index contributed by atoms with van der Waals surface area (Å²) in [5, 5.41) is 5.71. The average Bonchev–Trinajstić information content (AvgIpc) is 2.45. The summed E-state index contributed by atoms with van der Waals surface area (Å²) in [5.41, 5.74) is 1.14. The highest BCUT2D eigenvalue weighted by Gasteiger charge is 2.15. The first-order chi connectivity index (χ1) is 9.58. The van der Waals surface area contributed by atoms with Crippen molar-refractivity contribution in [2.24, 2.45) is 0 Å². The van der Waals surface area contributed by atoms with Crippen molar-refractivity contribution in [3.63, 3.8) is 0 Å². The Balaban J connectivity index is 2.61. The van der Waals surface area contributed by atoms with Gasteiger partial charge in [-0.2, -0.15) is 0 Å². The lowest BCUT2D eigenvalue weighted by atomic mass is 10.1. The largest absolute Gasteiger partial charge is 0.497 e. The monoisotopic (exact) mass is 279 g/mol. The molecule has 5 heteroatoms. The second-order valence-corrected chi connectivity index (χ2v) is 4.89. The molecule has 0 aliphatic heterocycles. The van der Waals surface area contributed by atoms with Crippen molar-refractivity contribution in [1.29, 1.82) is 0 Å². The van der Waals surface area contributed by atoms with E-state index in [-0.39, 0.29) is 12.1 Å². The van der Waals surface area contributed by atoms with Gasteiger partial charge >= 0.3 is 6.03 Å². The molecule has 5 nitrogen and oxygen atoms in total. The van der Waals surface area contributed by atoms with Crippen LogP contribution in [0, 0.1) is 0 Å². The second kappa shape index (κ2) is 8.43. The zero-order valence-corrected chi connectivity index (χ0v) is 12.8. The maximum Gasteiger partial charge on any atom is 0.314 e. The highest BCUT2D eigenvalue weighted by molar-refractivity contribution is 5.73. The molecule has 2 N–H and O–H groups in total. The van der Waals surface area contributed by atoms with Crippen LogP contribution in [0.3, 0.4) is 0 Å². The van der Waals surface area contributed by atoms with Gasteiger partial charge in [-0.15, -0.1) is 0 Å². The fourth-order valence-electron chi connectivity index (χ4n) is 1.92. The van der Waals surface area contributed by atoms with E-state index in [2.05, 4.69) is 15.5 Å². The van der Waals surface area contributed by atoms with E-state index in [1.165, 1.54) is 0 Å². The Bertz CT molecular complexity index is 404. The number of nitrogens with one attached hydrogen (secondary N) is 2. The molecule has 1 aromatic carbocycles. The maximum absolute atomic E-state index is 11.6. The number of benzene rings is 1. The number of urea groups is 1. The van der Waals surface area contributed by atoms with Gasteiger partial charge in [-0.05, 0) is 38.2 Å². The van der Waals surface area contributed by atoms with Crippen LogP contribution in [-0.4, -0.2) is 45.2 Å². The molecule has 0 aromatic heterocycles. The molecule has 20 heavy (non-hydrogen) atoms. The molecule has 1 aromatic rings. The first-order valence-corrected chi connectivity index (χ1v) is 6.90. The van der Waals surface area contributed by atoms with Crippen molar-refractivity contribution in [3.8, 4) is 5.75 Å². The molecule has 1 unspecified atom stereocenters. The van der Waals surface area contributed by atoms with Gasteiger partial charge in [0.05, 0.1) is 13.2 Å². The number of carbonyl (C=O) groups excluding carboxylic acids is 1. The van der Waals surface area contributed by atoms with Crippen molar-refractivity contribution in [2.75, 3.05) is 34.3 Å². The van der Waals surface area contributed by atoms with Crippen LogP contribution in [0.4, 0.5) is 4.79 Å². The summed E-state index contributed by atoms with van der Waals surface area (Å²) in [6.45, 7) is 3.29. The number of ether oxygens (including phenoxy) is 1. The van der Waals surface area contributed by atoms with Gasteiger partial charge in [-0.25, -0.2) is 4.79 Å². The molecule has 1 rings (SSSR count). The van der Waals surface area contributed by atoms with Gasteiger partial charge in [0.25, 0.3) is 0 Å². The lowest BCUT2D eigenvalue weighted by molar-refractivity contribution is 0.233. The predicted molar refractivity (Wildman–Crippen MR) is 81.1 cm³/mol. The van der Waals surface area contributed by atoms with Crippen LogP contribution in [0.25, 0.3) is 0 Å². The Hall–Kier alpha value is -1.75. The van der Waals surface area contributed by atoms with Crippen LogP contribution in [0.1, 0.15) is 24.9 Å². The molecule has 0 aliphatic carbocycles. The van der Waals surface area contributed by atoms with E-state index in [1.54, 1.807) is 7.11 Å². The molecule has 2 amide bonds. The third-order valence-electron chi connectivity index (χ3n) is 3.12. The lowest BCUT2D eigenvalue weighted by Gasteiger charge is -2.25. The number of carbonyl (C=O) groups is 1. The van der Waals surface area contributed by atoms with Crippen molar-refractivity contribution in [1.82, 2.24) is 15.5 Å². The third-order valence-corrected chi connectivity index (χ3v) is 3.12. The van der Waals surface area contributed by atoms with Crippen molar-refractivity contribution < 1.29 is 9.53 Å². The van der Waals surface area contributed by atoms with Crippen LogP contribution in [-0.2, 0) is 0 Å². The fraction of sp³-hybridized carbons (Fsp3) is 0.533. The number of likely N-dealkylation sites (N-methyl/N-ethyl adjacent to an activating group) is 1. The Morgan fingerprint density at radius 1 is 1.25 bits per heavy atom. The quantitative estimate of drug-likeness (QED) is 0.803. The van der Waals surface area contributed by atoms with Gasteiger partial charge in [0.2, 0.25) is 0 Å². The SMILES string of the molecule is CCCNC(=O)NCC(c1ccc(OC)cc1)N(C)C. The van der Waals surface area contributed by atoms with Gasteiger partial charge in [-0.3, -0.25) is 0 Å². The zero-order valence-electron chi connectivity index (χ0n) is 12.8. The number of hydrogen-bond donors (Lipinski definition) is 2. The average molecular weight is 279 g/mol. The van der Waals surface area contributed by atoms with E-state index in [0.29, 0.717) is 13.1 Å². The Morgan fingerprint density at radius 2 is 1.90 bits per heavy atom. The summed E-state index contributed by atoms with van der Waals surface area (Å²) in [6, 6.07) is 7.93. The summed E-state index contributed by atoms with van der Waals surface area (Å²) >= 11 is 0. The normalized spacial score (nSPS) is 12.1. The molecule has 0 heterocycles. The van der Waals surface area contributed by atoms with Crippen LogP contribution < -0.4 is 15.4 Å². The highest BCUT2D eigenvalue weighted by atomic mass is 16.5. The van der Waals surface area contributed by atoms with E-state index < -0.39 is 0 Å². The van der Waals surface area contributed by atoms with Crippen LogP contribution in [0.2, 0.25) is 0 Å². The van der Waals surface area contributed by atoms with E-state index in [4.69, 9.17) is 4.74 Å². The predicted octanol–water partition coefficient (Wildman–Crippen LogP) is 2.01. The van der Waals surface area contributed by atoms with E-state index in [9.17, 15) is 4.79 Å². The molecule has 0 saturated carbocycles. The number of hydrogen-bond acceptors (Lipinski definition) is 3. The molecule has 0 aliphatic rings. The van der Waals surface area contributed by atoms with Crippen molar-refractivity contribution in [2.45, 2.75) is 19.4 Å². The number of rotatable bonds is 7. The maximum atomic E-state index is 11.6. The Kier molecular flexibility index (Phi) is 6.87. The van der Waals surface area contributed by atoms with Gasteiger partial charge in [0.1, 0.15) is 5.75 Å². The molecule has 0 radical (unpaired) electrons. The van der Waals surface area contributed by atoms with E-state index >= 15 is 0 Å². The topological polar surface area (TPSA) is 53.6 Å². The summed E-state index contributed by atoms with van der Waals surface area (Å²) in [6.07, 6.45) is 0.934. The molecule has 1 atom stereocenters. The summed E-state index contributed by atoms with van der Waals surface area (Å²) in [5.74, 6) is 0.833. The van der Waals surface area contributed by atoms with Crippen LogP contribution in [0.5, 0.6) is 5.75 Å². The van der Waals surface area contributed by atoms with E-state index in [0.717, 1.165) is 17.7 Å². The number of amides is 2. The zero-order chi connectivity index (χ0) is 15.0. The van der Waals surface area contributed by atoms with Crippen molar-refractivity contribution in [3.05, 3.63) is 29.8 Å². The summed E-state index contributed by atoms with van der Waals surface area (Å²) < 4.78 is 5.16.